The van der Waals surface area contributed by atoms with Crippen LogP contribution in [0.1, 0.15) is 46.7 Å². The maximum Gasteiger partial charge on any atom is 0.335 e. The van der Waals surface area contributed by atoms with Crippen LogP contribution in [0.4, 0.5) is 5.69 Å². The summed E-state index contributed by atoms with van der Waals surface area (Å²) in [6.07, 6.45) is 1.86. The Hall–Kier alpha value is -3.78. The molecule has 1 N–H and O–H groups in total. The Morgan fingerprint density at radius 3 is 2.13 bits per heavy atom. The summed E-state index contributed by atoms with van der Waals surface area (Å²) in [6, 6.07) is 19.2. The Balaban J connectivity index is 1.97. The van der Waals surface area contributed by atoms with Gasteiger partial charge in [-0.05, 0) is 87.4 Å². The average molecular weight is 414 g/mol. The molecular formula is C26H27N3O2. The molecule has 5 heteroatoms. The van der Waals surface area contributed by atoms with Crippen molar-refractivity contribution in [3.05, 3.63) is 82.7 Å². The summed E-state index contributed by atoms with van der Waals surface area (Å²) in [5.41, 5.74) is 6.76. The molecular weight excluding hydrogens is 386 g/mol. The first-order valence-electron chi connectivity index (χ1n) is 10.4. The molecule has 3 aromatic rings. The van der Waals surface area contributed by atoms with Crippen LogP contribution < -0.4 is 4.90 Å². The highest BCUT2D eigenvalue weighted by Crippen LogP contribution is 2.27. The molecule has 3 rings (SSSR count). The van der Waals surface area contributed by atoms with Crippen molar-refractivity contribution in [3.63, 3.8) is 0 Å². The van der Waals surface area contributed by atoms with Crippen LogP contribution in [-0.4, -0.2) is 28.7 Å². The normalized spacial score (nSPS) is 11.3. The quantitative estimate of drug-likeness (QED) is 0.504. The molecule has 0 unspecified atom stereocenters. The van der Waals surface area contributed by atoms with Gasteiger partial charge in [0.1, 0.15) is 0 Å². The van der Waals surface area contributed by atoms with Crippen LogP contribution in [-0.2, 0) is 0 Å². The number of hydrogen-bond donors (Lipinski definition) is 1. The molecule has 0 fully saturated rings. The fourth-order valence-electron chi connectivity index (χ4n) is 3.86. The monoisotopic (exact) mass is 413 g/mol. The largest absolute Gasteiger partial charge is 0.478 e. The number of aromatic nitrogens is 1. The predicted octanol–water partition coefficient (Wildman–Crippen LogP) is 5.70. The molecule has 0 aliphatic rings. The lowest BCUT2D eigenvalue weighted by atomic mass is 10.0. The van der Waals surface area contributed by atoms with Gasteiger partial charge in [-0.25, -0.2) is 4.79 Å². The van der Waals surface area contributed by atoms with Gasteiger partial charge in [0, 0.05) is 35.9 Å². The lowest BCUT2D eigenvalue weighted by molar-refractivity contribution is 0.0697. The van der Waals surface area contributed by atoms with Gasteiger partial charge in [0.25, 0.3) is 0 Å². The predicted molar refractivity (Wildman–Crippen MR) is 126 cm³/mol. The van der Waals surface area contributed by atoms with Gasteiger partial charge in [0.2, 0.25) is 0 Å². The van der Waals surface area contributed by atoms with Crippen molar-refractivity contribution in [1.29, 1.82) is 5.26 Å². The summed E-state index contributed by atoms with van der Waals surface area (Å²) >= 11 is 0. The number of benzene rings is 2. The van der Waals surface area contributed by atoms with Crippen LogP contribution in [0.5, 0.6) is 0 Å². The van der Waals surface area contributed by atoms with Crippen molar-refractivity contribution < 1.29 is 9.90 Å². The fourth-order valence-corrected chi connectivity index (χ4v) is 3.86. The number of rotatable bonds is 7. The summed E-state index contributed by atoms with van der Waals surface area (Å²) < 4.78 is 2.18. The molecule has 0 radical (unpaired) electrons. The zero-order chi connectivity index (χ0) is 22.5. The van der Waals surface area contributed by atoms with E-state index in [1.807, 2.05) is 13.0 Å². The summed E-state index contributed by atoms with van der Waals surface area (Å²) in [4.78, 5) is 13.4. The molecule has 2 aromatic carbocycles. The fraction of sp³-hybridized carbons (Fsp3) is 0.231. The maximum absolute atomic E-state index is 11.1. The number of aromatic carboxylic acids is 1. The summed E-state index contributed by atoms with van der Waals surface area (Å²) in [6.45, 7) is 10.3. The number of nitriles is 1. The lowest BCUT2D eigenvalue weighted by Gasteiger charge is -2.21. The first-order chi connectivity index (χ1) is 14.9. The minimum atomic E-state index is -0.982. The van der Waals surface area contributed by atoms with E-state index >= 15 is 0 Å². The van der Waals surface area contributed by atoms with E-state index in [1.165, 1.54) is 17.8 Å². The summed E-state index contributed by atoms with van der Waals surface area (Å²) in [7, 11) is 0. The zero-order valence-corrected chi connectivity index (χ0v) is 18.4. The molecule has 1 heterocycles. The van der Waals surface area contributed by atoms with Crippen LogP contribution in [0.25, 0.3) is 17.3 Å². The van der Waals surface area contributed by atoms with Gasteiger partial charge in [0.05, 0.1) is 17.2 Å². The number of carboxylic acid groups (broad SMARTS) is 1. The maximum atomic E-state index is 11.1. The number of anilines is 1. The van der Waals surface area contributed by atoms with E-state index in [0.717, 1.165) is 35.7 Å². The van der Waals surface area contributed by atoms with Crippen LogP contribution >= 0.6 is 0 Å². The van der Waals surface area contributed by atoms with E-state index in [4.69, 9.17) is 5.11 Å². The number of aryl methyl sites for hydroxylation is 1. The Morgan fingerprint density at radius 1 is 1.03 bits per heavy atom. The van der Waals surface area contributed by atoms with Gasteiger partial charge < -0.3 is 14.6 Å². The average Bonchev–Trinajstić information content (AvgIpc) is 3.06. The molecule has 31 heavy (non-hydrogen) atoms. The third kappa shape index (κ3) is 4.54. The first-order valence-corrected chi connectivity index (χ1v) is 10.4. The molecule has 0 spiro atoms. The molecule has 0 aliphatic heterocycles. The van der Waals surface area contributed by atoms with E-state index in [0.29, 0.717) is 11.1 Å². The second kappa shape index (κ2) is 9.36. The van der Waals surface area contributed by atoms with E-state index in [1.54, 1.807) is 12.1 Å². The van der Waals surface area contributed by atoms with Gasteiger partial charge in [-0.3, -0.25) is 0 Å². The number of carboxylic acids is 1. The highest BCUT2D eigenvalue weighted by Gasteiger charge is 2.12. The second-order valence-corrected chi connectivity index (χ2v) is 7.40. The van der Waals surface area contributed by atoms with Crippen molar-refractivity contribution in [2.45, 2.75) is 27.7 Å². The molecule has 158 valence electrons. The topological polar surface area (TPSA) is 69.3 Å². The minimum absolute atomic E-state index is 0.201. The van der Waals surface area contributed by atoms with Crippen molar-refractivity contribution in [2.24, 2.45) is 0 Å². The molecule has 1 aromatic heterocycles. The number of hydrogen-bond acceptors (Lipinski definition) is 3. The highest BCUT2D eigenvalue weighted by atomic mass is 16.4. The Kier molecular flexibility index (Phi) is 6.61. The van der Waals surface area contributed by atoms with E-state index < -0.39 is 5.97 Å². The SMILES string of the molecule is CCN(CC)c1ccc(-n2c(C)cc(/C=C(/C#N)c3ccc(C(=O)O)cc3)c2C)cc1. The van der Waals surface area contributed by atoms with Gasteiger partial charge in [-0.15, -0.1) is 0 Å². The minimum Gasteiger partial charge on any atom is -0.478 e. The zero-order valence-electron chi connectivity index (χ0n) is 18.4. The third-order valence-corrected chi connectivity index (χ3v) is 5.57. The van der Waals surface area contributed by atoms with Crippen molar-refractivity contribution >= 4 is 23.3 Å². The molecule has 0 saturated heterocycles. The first kappa shape index (κ1) is 21.9. The molecule has 0 bridgehead atoms. The second-order valence-electron chi connectivity index (χ2n) is 7.40. The van der Waals surface area contributed by atoms with Gasteiger partial charge in [-0.1, -0.05) is 12.1 Å². The Morgan fingerprint density at radius 2 is 1.61 bits per heavy atom. The Labute approximate surface area is 183 Å². The Bertz CT molecular complexity index is 1140. The summed E-state index contributed by atoms with van der Waals surface area (Å²) in [5, 5.41) is 18.8. The van der Waals surface area contributed by atoms with Crippen LogP contribution in [0.3, 0.4) is 0 Å². The van der Waals surface area contributed by atoms with Crippen molar-refractivity contribution in [1.82, 2.24) is 4.57 Å². The molecule has 5 nitrogen and oxygen atoms in total. The van der Waals surface area contributed by atoms with Gasteiger partial charge in [-0.2, -0.15) is 5.26 Å². The van der Waals surface area contributed by atoms with Crippen LogP contribution in [0.2, 0.25) is 0 Å². The van der Waals surface area contributed by atoms with Crippen LogP contribution in [0.15, 0.2) is 54.6 Å². The smallest absolute Gasteiger partial charge is 0.335 e. The number of nitrogens with zero attached hydrogens (tertiary/aromatic N) is 3. The third-order valence-electron chi connectivity index (χ3n) is 5.57. The van der Waals surface area contributed by atoms with Crippen molar-refractivity contribution in [3.8, 4) is 11.8 Å². The molecule has 0 saturated carbocycles. The number of carbonyl (C=O) groups is 1. The standard InChI is InChI=1S/C26H27N3O2/c1-5-28(6-2)24-11-13-25(14-12-24)29-18(3)15-22(19(29)4)16-23(17-27)20-7-9-21(10-8-20)26(30)31/h7-16H,5-6H2,1-4H3,(H,30,31)/b23-16-. The highest BCUT2D eigenvalue weighted by molar-refractivity contribution is 5.92. The molecule has 0 aliphatic carbocycles. The van der Waals surface area contributed by atoms with E-state index in [-0.39, 0.29) is 5.56 Å². The van der Waals surface area contributed by atoms with Gasteiger partial charge in [0.15, 0.2) is 0 Å². The lowest BCUT2D eigenvalue weighted by Crippen LogP contribution is -2.21. The summed E-state index contributed by atoms with van der Waals surface area (Å²) in [5.74, 6) is -0.982. The molecule has 0 amide bonds. The van der Waals surface area contributed by atoms with Crippen LogP contribution in [0, 0.1) is 25.2 Å². The number of allylic oxidation sites excluding steroid dienone is 1. The van der Waals surface area contributed by atoms with E-state index in [2.05, 4.69) is 66.6 Å². The van der Waals surface area contributed by atoms with Crippen molar-refractivity contribution in [2.75, 3.05) is 18.0 Å². The molecule has 0 atom stereocenters. The van der Waals surface area contributed by atoms with Gasteiger partial charge >= 0.3 is 5.97 Å². The van der Waals surface area contributed by atoms with E-state index in [9.17, 15) is 10.1 Å².